The fourth-order valence-electron chi connectivity index (χ4n) is 1.80. The highest BCUT2D eigenvalue weighted by molar-refractivity contribution is 7.89. The third-order valence-electron chi connectivity index (χ3n) is 2.45. The lowest BCUT2D eigenvalue weighted by Gasteiger charge is -2.18. The standard InChI is InChI=1S/C14H20N2O3S/c1-12(11-16(2)3)15-20(18,19)14-8-4-6-13(10-14)7-5-9-17/h4,6,8,10,12,15,17H,9,11H2,1-3H3. The van der Waals surface area contributed by atoms with Crippen LogP contribution in [0.1, 0.15) is 12.5 Å². The van der Waals surface area contributed by atoms with E-state index in [9.17, 15) is 8.42 Å². The van der Waals surface area contributed by atoms with E-state index < -0.39 is 10.0 Å². The molecule has 0 radical (unpaired) electrons. The number of aliphatic hydroxyl groups is 1. The summed E-state index contributed by atoms with van der Waals surface area (Å²) in [5.74, 6) is 5.19. The number of nitrogens with one attached hydrogen (secondary N) is 1. The molecule has 0 heterocycles. The predicted molar refractivity (Wildman–Crippen MR) is 78.7 cm³/mol. The maximum Gasteiger partial charge on any atom is 0.240 e. The van der Waals surface area contributed by atoms with Crippen LogP contribution in [0.2, 0.25) is 0 Å². The molecular weight excluding hydrogens is 276 g/mol. The molecule has 0 amide bonds. The van der Waals surface area contributed by atoms with Crippen LogP contribution in [0.3, 0.4) is 0 Å². The van der Waals surface area contributed by atoms with Crippen LogP contribution in [0, 0.1) is 11.8 Å². The van der Waals surface area contributed by atoms with Crippen molar-refractivity contribution in [3.8, 4) is 11.8 Å². The molecular formula is C14H20N2O3S. The van der Waals surface area contributed by atoms with Crippen molar-refractivity contribution in [2.75, 3.05) is 27.2 Å². The molecule has 110 valence electrons. The Kier molecular flexibility index (Phi) is 6.17. The highest BCUT2D eigenvalue weighted by Gasteiger charge is 2.17. The monoisotopic (exact) mass is 296 g/mol. The third kappa shape index (κ3) is 5.31. The molecule has 0 saturated carbocycles. The number of aliphatic hydroxyl groups excluding tert-OH is 1. The van der Waals surface area contributed by atoms with Crippen LogP contribution in [0.15, 0.2) is 29.2 Å². The molecule has 0 aliphatic heterocycles. The van der Waals surface area contributed by atoms with Crippen molar-refractivity contribution < 1.29 is 13.5 Å². The van der Waals surface area contributed by atoms with Crippen LogP contribution in [0.4, 0.5) is 0 Å². The van der Waals surface area contributed by atoms with Gasteiger partial charge in [-0.25, -0.2) is 13.1 Å². The fraction of sp³-hybridized carbons (Fsp3) is 0.429. The minimum atomic E-state index is -3.56. The van der Waals surface area contributed by atoms with E-state index >= 15 is 0 Å². The normalized spacial score (nSPS) is 12.8. The Morgan fingerprint density at radius 1 is 1.40 bits per heavy atom. The summed E-state index contributed by atoms with van der Waals surface area (Å²) in [4.78, 5) is 2.09. The molecule has 5 nitrogen and oxygen atoms in total. The number of likely N-dealkylation sites (N-methyl/N-ethyl adjacent to an activating group) is 1. The average Bonchev–Trinajstić information content (AvgIpc) is 2.35. The Balaban J connectivity index is 2.92. The van der Waals surface area contributed by atoms with E-state index in [1.807, 2.05) is 25.9 Å². The fourth-order valence-corrected chi connectivity index (χ4v) is 3.08. The van der Waals surface area contributed by atoms with Gasteiger partial charge in [-0.3, -0.25) is 0 Å². The van der Waals surface area contributed by atoms with Crippen LogP contribution in [0.5, 0.6) is 0 Å². The SMILES string of the molecule is CC(CN(C)C)NS(=O)(=O)c1cccc(C#CCO)c1. The number of hydrogen-bond acceptors (Lipinski definition) is 4. The average molecular weight is 296 g/mol. The summed E-state index contributed by atoms with van der Waals surface area (Å²) in [6.45, 7) is 2.17. The van der Waals surface area contributed by atoms with Gasteiger partial charge in [0.1, 0.15) is 6.61 Å². The largest absolute Gasteiger partial charge is 0.384 e. The van der Waals surface area contributed by atoms with Gasteiger partial charge in [-0.2, -0.15) is 0 Å². The van der Waals surface area contributed by atoms with Gasteiger partial charge in [-0.05, 0) is 39.2 Å². The lowest BCUT2D eigenvalue weighted by molar-refractivity contribution is 0.350. The molecule has 1 atom stereocenters. The molecule has 0 aliphatic carbocycles. The first kappa shape index (κ1) is 16.7. The summed E-state index contributed by atoms with van der Waals surface area (Å²) < 4.78 is 27.1. The van der Waals surface area contributed by atoms with Crippen LogP contribution >= 0.6 is 0 Å². The predicted octanol–water partition coefficient (Wildman–Crippen LogP) is 0.259. The Labute approximate surface area is 120 Å². The molecule has 0 aromatic heterocycles. The molecule has 0 spiro atoms. The third-order valence-corrected chi connectivity index (χ3v) is 4.04. The smallest absolute Gasteiger partial charge is 0.240 e. The van der Waals surface area contributed by atoms with Gasteiger partial charge in [0.2, 0.25) is 10.0 Å². The summed E-state index contributed by atoms with van der Waals surface area (Å²) in [6.07, 6.45) is 0. The molecule has 1 aromatic rings. The van der Waals surface area contributed by atoms with Crippen LogP contribution in [-0.2, 0) is 10.0 Å². The topological polar surface area (TPSA) is 69.6 Å². The van der Waals surface area contributed by atoms with Crippen molar-refractivity contribution in [3.63, 3.8) is 0 Å². The number of benzene rings is 1. The molecule has 1 rings (SSSR count). The van der Waals surface area contributed by atoms with Crippen molar-refractivity contribution in [1.29, 1.82) is 0 Å². The van der Waals surface area contributed by atoms with E-state index in [4.69, 9.17) is 5.11 Å². The molecule has 0 fully saturated rings. The molecule has 0 saturated heterocycles. The highest BCUT2D eigenvalue weighted by Crippen LogP contribution is 2.11. The van der Waals surface area contributed by atoms with Gasteiger partial charge in [0, 0.05) is 18.2 Å². The van der Waals surface area contributed by atoms with Crippen LogP contribution < -0.4 is 4.72 Å². The van der Waals surface area contributed by atoms with Crippen molar-refractivity contribution in [2.45, 2.75) is 17.9 Å². The Morgan fingerprint density at radius 2 is 2.10 bits per heavy atom. The van der Waals surface area contributed by atoms with Gasteiger partial charge in [0.05, 0.1) is 4.90 Å². The van der Waals surface area contributed by atoms with Crippen molar-refractivity contribution >= 4 is 10.0 Å². The second-order valence-corrected chi connectivity index (χ2v) is 6.49. The van der Waals surface area contributed by atoms with Gasteiger partial charge >= 0.3 is 0 Å². The Hall–Kier alpha value is -1.39. The highest BCUT2D eigenvalue weighted by atomic mass is 32.2. The van der Waals surface area contributed by atoms with Crippen LogP contribution in [-0.4, -0.2) is 51.7 Å². The maximum atomic E-state index is 12.2. The Bertz CT molecular complexity index is 600. The van der Waals surface area contributed by atoms with Crippen molar-refractivity contribution in [3.05, 3.63) is 29.8 Å². The van der Waals surface area contributed by atoms with Gasteiger partial charge in [0.25, 0.3) is 0 Å². The maximum absolute atomic E-state index is 12.2. The lowest BCUT2D eigenvalue weighted by Crippen LogP contribution is -2.39. The molecule has 2 N–H and O–H groups in total. The zero-order chi connectivity index (χ0) is 15.2. The van der Waals surface area contributed by atoms with E-state index in [0.29, 0.717) is 12.1 Å². The van der Waals surface area contributed by atoms with Gasteiger partial charge in [-0.15, -0.1) is 0 Å². The number of sulfonamides is 1. The second kappa shape index (κ2) is 7.41. The quantitative estimate of drug-likeness (QED) is 0.765. The number of nitrogens with zero attached hydrogens (tertiary/aromatic N) is 1. The van der Waals surface area contributed by atoms with Crippen molar-refractivity contribution in [1.82, 2.24) is 9.62 Å². The first-order valence-electron chi connectivity index (χ1n) is 6.22. The van der Waals surface area contributed by atoms with E-state index in [1.165, 1.54) is 12.1 Å². The number of hydrogen-bond donors (Lipinski definition) is 2. The summed E-state index contributed by atoms with van der Waals surface area (Å²) in [7, 11) is 0.210. The van der Waals surface area contributed by atoms with E-state index in [0.717, 1.165) is 0 Å². The Morgan fingerprint density at radius 3 is 2.70 bits per heavy atom. The first-order chi connectivity index (χ1) is 9.35. The summed E-state index contributed by atoms with van der Waals surface area (Å²) in [5.41, 5.74) is 0.558. The molecule has 20 heavy (non-hydrogen) atoms. The van der Waals surface area contributed by atoms with Gasteiger partial charge in [0.15, 0.2) is 0 Å². The second-order valence-electron chi connectivity index (χ2n) is 4.77. The molecule has 0 aliphatic rings. The zero-order valence-electron chi connectivity index (χ0n) is 11.9. The van der Waals surface area contributed by atoms with Crippen LogP contribution in [0.25, 0.3) is 0 Å². The molecule has 1 aromatic carbocycles. The van der Waals surface area contributed by atoms with Crippen molar-refractivity contribution in [2.24, 2.45) is 0 Å². The molecule has 1 unspecified atom stereocenters. The lowest BCUT2D eigenvalue weighted by atomic mass is 10.2. The summed E-state index contributed by atoms with van der Waals surface area (Å²) >= 11 is 0. The van der Waals surface area contributed by atoms with Gasteiger partial charge < -0.3 is 10.0 Å². The minimum Gasteiger partial charge on any atom is -0.384 e. The summed E-state index contributed by atoms with van der Waals surface area (Å²) in [5, 5.41) is 8.65. The van der Waals surface area contributed by atoms with E-state index in [-0.39, 0.29) is 17.5 Å². The summed E-state index contributed by atoms with van der Waals surface area (Å²) in [6, 6.07) is 6.15. The molecule has 6 heteroatoms. The minimum absolute atomic E-state index is 0.174. The van der Waals surface area contributed by atoms with E-state index in [1.54, 1.807) is 12.1 Å². The van der Waals surface area contributed by atoms with E-state index in [2.05, 4.69) is 16.6 Å². The number of rotatable bonds is 5. The van der Waals surface area contributed by atoms with Gasteiger partial charge in [-0.1, -0.05) is 17.9 Å². The zero-order valence-corrected chi connectivity index (χ0v) is 12.7. The molecule has 0 bridgehead atoms. The first-order valence-corrected chi connectivity index (χ1v) is 7.70.